The van der Waals surface area contributed by atoms with E-state index in [2.05, 4.69) is 11.8 Å². The highest BCUT2D eigenvalue weighted by molar-refractivity contribution is 5.78. The van der Waals surface area contributed by atoms with E-state index in [1.54, 1.807) is 4.57 Å². The molecular weight excluding hydrogens is 328 g/mol. The van der Waals surface area contributed by atoms with Crippen LogP contribution in [0.2, 0.25) is 0 Å². The lowest BCUT2D eigenvalue weighted by Crippen LogP contribution is -2.50. The van der Waals surface area contributed by atoms with E-state index in [0.717, 1.165) is 37.5 Å². The fourth-order valence-electron chi connectivity index (χ4n) is 3.67. The Balaban J connectivity index is 1.86. The molecule has 140 valence electrons. The van der Waals surface area contributed by atoms with Crippen molar-refractivity contribution < 1.29 is 4.79 Å². The van der Waals surface area contributed by atoms with Gasteiger partial charge in [-0.05, 0) is 26.0 Å². The first kappa shape index (κ1) is 18.6. The van der Waals surface area contributed by atoms with Crippen molar-refractivity contribution in [1.82, 2.24) is 19.4 Å². The van der Waals surface area contributed by atoms with E-state index in [0.29, 0.717) is 11.9 Å². The first-order chi connectivity index (χ1) is 12.4. The first-order valence-electron chi connectivity index (χ1n) is 9.46. The Morgan fingerprint density at radius 2 is 1.77 bits per heavy atom. The van der Waals surface area contributed by atoms with Crippen LogP contribution in [0.1, 0.15) is 39.6 Å². The molecule has 3 rings (SSSR count). The molecule has 2 aromatic rings. The van der Waals surface area contributed by atoms with Crippen LogP contribution in [0.15, 0.2) is 29.1 Å². The number of hydrogen-bond acceptors (Lipinski definition) is 4. The number of carbonyl (C=O) groups is 1. The van der Waals surface area contributed by atoms with E-state index in [4.69, 9.17) is 4.98 Å². The van der Waals surface area contributed by atoms with Crippen molar-refractivity contribution in [1.29, 1.82) is 0 Å². The van der Waals surface area contributed by atoms with Crippen LogP contribution in [0, 0.1) is 5.92 Å². The molecule has 1 fully saturated rings. The highest BCUT2D eigenvalue weighted by Crippen LogP contribution is 2.21. The summed E-state index contributed by atoms with van der Waals surface area (Å²) >= 11 is 0. The first-order valence-corrected chi connectivity index (χ1v) is 9.46. The maximum Gasteiger partial charge on any atom is 0.261 e. The Hall–Kier alpha value is -2.21. The van der Waals surface area contributed by atoms with E-state index in [-0.39, 0.29) is 23.4 Å². The molecule has 0 bridgehead atoms. The largest absolute Gasteiger partial charge is 0.340 e. The fraction of sp³-hybridized carbons (Fsp3) is 0.550. The molecule has 6 nitrogen and oxygen atoms in total. The normalized spacial score (nSPS) is 17.0. The number of para-hydroxylation sites is 1. The number of aromatic nitrogens is 2. The van der Waals surface area contributed by atoms with Gasteiger partial charge in [-0.2, -0.15) is 0 Å². The second-order valence-corrected chi connectivity index (χ2v) is 7.23. The van der Waals surface area contributed by atoms with E-state index < -0.39 is 0 Å². The van der Waals surface area contributed by atoms with E-state index in [1.807, 2.05) is 49.9 Å². The molecule has 1 aromatic carbocycles. The summed E-state index contributed by atoms with van der Waals surface area (Å²) in [5, 5.41) is 0.664. The minimum Gasteiger partial charge on any atom is -0.340 e. The van der Waals surface area contributed by atoms with Gasteiger partial charge in [0.15, 0.2) is 0 Å². The Labute approximate surface area is 154 Å². The highest BCUT2D eigenvalue weighted by atomic mass is 16.2. The molecular formula is C20H28N4O2. The van der Waals surface area contributed by atoms with Gasteiger partial charge in [0.2, 0.25) is 5.91 Å². The smallest absolute Gasteiger partial charge is 0.261 e. The van der Waals surface area contributed by atoms with Gasteiger partial charge in [-0.1, -0.05) is 26.0 Å². The Kier molecular flexibility index (Phi) is 5.41. The molecule has 0 spiro atoms. The third-order valence-corrected chi connectivity index (χ3v) is 5.25. The molecule has 26 heavy (non-hydrogen) atoms. The van der Waals surface area contributed by atoms with Crippen molar-refractivity contribution in [3.05, 3.63) is 40.4 Å². The van der Waals surface area contributed by atoms with Crippen molar-refractivity contribution in [3.63, 3.8) is 0 Å². The lowest BCUT2D eigenvalue weighted by molar-refractivity contribution is -0.136. The van der Waals surface area contributed by atoms with Gasteiger partial charge in [-0.25, -0.2) is 4.98 Å². The van der Waals surface area contributed by atoms with Crippen molar-refractivity contribution >= 4 is 16.8 Å². The fourth-order valence-corrected chi connectivity index (χ4v) is 3.67. The summed E-state index contributed by atoms with van der Waals surface area (Å²) in [4.78, 5) is 34.1. The summed E-state index contributed by atoms with van der Waals surface area (Å²) in [6.07, 6.45) is 0. The maximum absolute atomic E-state index is 12.8. The van der Waals surface area contributed by atoms with Gasteiger partial charge in [0, 0.05) is 38.6 Å². The molecule has 1 unspecified atom stereocenters. The van der Waals surface area contributed by atoms with Crippen LogP contribution in [-0.4, -0.2) is 51.4 Å². The average molecular weight is 356 g/mol. The quantitative estimate of drug-likeness (QED) is 0.843. The molecule has 0 aliphatic carbocycles. The van der Waals surface area contributed by atoms with Gasteiger partial charge in [-0.3, -0.25) is 19.1 Å². The summed E-state index contributed by atoms with van der Waals surface area (Å²) in [5.74, 6) is 1.05. The van der Waals surface area contributed by atoms with Gasteiger partial charge in [0.1, 0.15) is 5.82 Å². The van der Waals surface area contributed by atoms with Crippen LogP contribution in [-0.2, 0) is 11.3 Å². The molecule has 0 radical (unpaired) electrons. The maximum atomic E-state index is 12.8. The van der Waals surface area contributed by atoms with Gasteiger partial charge >= 0.3 is 0 Å². The topological polar surface area (TPSA) is 58.4 Å². The summed E-state index contributed by atoms with van der Waals surface area (Å²) in [6, 6.07) is 7.55. The minimum atomic E-state index is 0.0218. The molecule has 2 heterocycles. The van der Waals surface area contributed by atoms with Gasteiger partial charge in [0.25, 0.3) is 5.56 Å². The number of carbonyl (C=O) groups excluding carboxylic acids is 1. The molecule has 1 atom stereocenters. The lowest BCUT2D eigenvalue weighted by atomic mass is 10.1. The molecule has 1 aromatic heterocycles. The van der Waals surface area contributed by atoms with Gasteiger partial charge in [0.05, 0.1) is 16.9 Å². The molecule has 1 saturated heterocycles. The lowest BCUT2D eigenvalue weighted by Gasteiger charge is -2.38. The van der Waals surface area contributed by atoms with E-state index >= 15 is 0 Å². The second kappa shape index (κ2) is 7.58. The van der Waals surface area contributed by atoms with Crippen LogP contribution in [0.5, 0.6) is 0 Å². The van der Waals surface area contributed by atoms with E-state index in [1.165, 1.54) is 0 Å². The molecule has 1 amide bonds. The van der Waals surface area contributed by atoms with Crippen LogP contribution < -0.4 is 5.56 Å². The van der Waals surface area contributed by atoms with Crippen LogP contribution >= 0.6 is 0 Å². The molecule has 1 aliphatic rings. The Bertz CT molecular complexity index is 851. The van der Waals surface area contributed by atoms with Gasteiger partial charge < -0.3 is 4.90 Å². The van der Waals surface area contributed by atoms with Gasteiger partial charge in [-0.15, -0.1) is 0 Å². The van der Waals surface area contributed by atoms with Crippen LogP contribution in [0.4, 0.5) is 0 Å². The third-order valence-electron chi connectivity index (χ3n) is 5.25. The predicted molar refractivity (Wildman–Crippen MR) is 103 cm³/mol. The van der Waals surface area contributed by atoms with Crippen LogP contribution in [0.25, 0.3) is 10.9 Å². The number of piperazine rings is 1. The zero-order valence-electron chi connectivity index (χ0n) is 16.1. The number of fused-ring (bicyclic) bond motifs is 1. The second-order valence-electron chi connectivity index (χ2n) is 7.23. The number of benzene rings is 1. The highest BCUT2D eigenvalue weighted by Gasteiger charge is 2.28. The number of hydrogen-bond donors (Lipinski definition) is 0. The zero-order valence-corrected chi connectivity index (χ0v) is 16.1. The summed E-state index contributed by atoms with van der Waals surface area (Å²) < 4.78 is 1.78. The summed E-state index contributed by atoms with van der Waals surface area (Å²) in [5.41, 5.74) is 0.770. The molecule has 1 aliphatic heterocycles. The molecule has 0 saturated carbocycles. The van der Waals surface area contributed by atoms with Crippen LogP contribution in [0.3, 0.4) is 0 Å². The van der Waals surface area contributed by atoms with Crippen molar-refractivity contribution in [2.75, 3.05) is 26.2 Å². The molecule has 6 heteroatoms. The number of rotatable bonds is 4. The van der Waals surface area contributed by atoms with Crippen molar-refractivity contribution in [3.8, 4) is 0 Å². The van der Waals surface area contributed by atoms with E-state index in [9.17, 15) is 9.59 Å². The Morgan fingerprint density at radius 3 is 2.38 bits per heavy atom. The van der Waals surface area contributed by atoms with Crippen molar-refractivity contribution in [2.24, 2.45) is 5.92 Å². The number of amides is 1. The van der Waals surface area contributed by atoms with Crippen molar-refractivity contribution in [2.45, 2.75) is 40.3 Å². The Morgan fingerprint density at radius 1 is 1.12 bits per heavy atom. The number of nitrogens with zero attached hydrogens (tertiary/aromatic N) is 4. The summed E-state index contributed by atoms with van der Waals surface area (Å²) in [6.45, 7) is 11.6. The average Bonchev–Trinajstić information content (AvgIpc) is 2.66. The molecule has 0 N–H and O–H groups in total. The zero-order chi connectivity index (χ0) is 18.8. The standard InChI is InChI=1S/C20H28N4O2/c1-5-24-18(21-17-9-7-6-8-16(17)20(24)26)15(4)22-10-12-23(13-11-22)19(25)14(2)3/h6-9,14-15H,5,10-13H2,1-4H3. The third kappa shape index (κ3) is 3.38. The predicted octanol–water partition coefficient (Wildman–Crippen LogP) is 2.28. The summed E-state index contributed by atoms with van der Waals surface area (Å²) in [7, 11) is 0. The SMILES string of the molecule is CCn1c(C(C)N2CCN(C(=O)C(C)C)CC2)nc2ccccc2c1=O. The minimum absolute atomic E-state index is 0.0218. The monoisotopic (exact) mass is 356 g/mol.